The molecule has 0 saturated carbocycles. The lowest BCUT2D eigenvalue weighted by Gasteiger charge is -2.16. The zero-order valence-electron chi connectivity index (χ0n) is 21.5. The van der Waals surface area contributed by atoms with Crippen molar-refractivity contribution in [2.75, 3.05) is 11.4 Å². The first kappa shape index (κ1) is 26.4. The average Bonchev–Trinajstić information content (AvgIpc) is 3.42. The van der Waals surface area contributed by atoms with Gasteiger partial charge >= 0.3 is 0 Å². The summed E-state index contributed by atoms with van der Waals surface area (Å²) < 4.78 is 1.76. The van der Waals surface area contributed by atoms with E-state index < -0.39 is 0 Å². The highest BCUT2D eigenvalue weighted by atomic mass is 35.5. The van der Waals surface area contributed by atoms with E-state index in [2.05, 4.69) is 26.8 Å². The van der Waals surface area contributed by atoms with Gasteiger partial charge in [0.05, 0.1) is 27.1 Å². The largest absolute Gasteiger partial charge is 0.306 e. The van der Waals surface area contributed by atoms with E-state index in [1.165, 1.54) is 11.3 Å². The van der Waals surface area contributed by atoms with Gasteiger partial charge in [-0.3, -0.25) is 4.79 Å². The number of aryl methyl sites for hydroxylation is 1. The van der Waals surface area contributed by atoms with Gasteiger partial charge in [-0.15, -0.1) is 11.3 Å². The maximum atomic E-state index is 13.7. The van der Waals surface area contributed by atoms with Crippen molar-refractivity contribution < 1.29 is 4.79 Å². The number of benzene rings is 3. The van der Waals surface area contributed by atoms with Crippen molar-refractivity contribution in [2.45, 2.75) is 40.0 Å². The van der Waals surface area contributed by atoms with E-state index in [-0.39, 0.29) is 5.91 Å². The molecule has 0 saturated heterocycles. The zero-order chi connectivity index (χ0) is 26.8. The van der Waals surface area contributed by atoms with Gasteiger partial charge in [0.25, 0.3) is 5.91 Å². The summed E-state index contributed by atoms with van der Waals surface area (Å²) >= 11 is 14.0. The summed E-state index contributed by atoms with van der Waals surface area (Å²) in [6.07, 6.45) is 3.10. The van der Waals surface area contributed by atoms with Gasteiger partial charge in [-0.1, -0.05) is 79.4 Å². The minimum absolute atomic E-state index is 0.0984. The monoisotopic (exact) mass is 562 g/mol. The molecule has 2 heterocycles. The average molecular weight is 564 g/mol. The Hall–Kier alpha value is -3.19. The third kappa shape index (κ3) is 5.08. The second-order valence-electron chi connectivity index (χ2n) is 9.30. The topological polar surface area (TPSA) is 50.0 Å². The highest BCUT2D eigenvalue weighted by Gasteiger charge is 2.34. The number of halogens is 2. The van der Waals surface area contributed by atoms with E-state index >= 15 is 0 Å². The molecule has 1 aliphatic heterocycles. The Balaban J connectivity index is 1.71. The number of amides is 1. The van der Waals surface area contributed by atoms with Gasteiger partial charge in [-0.05, 0) is 55.7 Å². The number of carbonyl (C=O) groups excluding carboxylic acids is 1. The number of rotatable bonds is 7. The molecule has 8 heteroatoms. The number of fused-ring (bicyclic) bond motifs is 1. The van der Waals surface area contributed by atoms with E-state index in [0.717, 1.165) is 58.6 Å². The van der Waals surface area contributed by atoms with Gasteiger partial charge < -0.3 is 4.90 Å². The summed E-state index contributed by atoms with van der Waals surface area (Å²) in [5.74, 6) is -0.0984. The van der Waals surface area contributed by atoms with Crippen LogP contribution in [0.4, 0.5) is 11.4 Å². The van der Waals surface area contributed by atoms with Crippen LogP contribution in [0.1, 0.15) is 42.9 Å². The number of para-hydroxylation sites is 1. The molecule has 1 aliphatic rings. The summed E-state index contributed by atoms with van der Waals surface area (Å²) in [4.78, 5) is 21.2. The van der Waals surface area contributed by atoms with Crippen LogP contribution in [0, 0.1) is 13.8 Å². The van der Waals surface area contributed by atoms with Crippen LogP contribution in [0.5, 0.6) is 0 Å². The maximum Gasteiger partial charge on any atom is 0.279 e. The Morgan fingerprint density at radius 3 is 2.55 bits per heavy atom. The van der Waals surface area contributed by atoms with Gasteiger partial charge in [0, 0.05) is 23.1 Å². The van der Waals surface area contributed by atoms with Gasteiger partial charge in [0.1, 0.15) is 0 Å². The van der Waals surface area contributed by atoms with Crippen molar-refractivity contribution in [3.63, 3.8) is 0 Å². The number of anilines is 1. The fourth-order valence-corrected chi connectivity index (χ4v) is 5.63. The van der Waals surface area contributed by atoms with Gasteiger partial charge in [-0.25, -0.2) is 9.67 Å². The lowest BCUT2D eigenvalue weighted by atomic mass is 10.1. The van der Waals surface area contributed by atoms with Crippen LogP contribution in [-0.4, -0.2) is 22.8 Å². The minimum atomic E-state index is -0.0984. The lowest BCUT2D eigenvalue weighted by Crippen LogP contribution is -2.31. The third-order valence-electron chi connectivity index (χ3n) is 6.78. The zero-order valence-corrected chi connectivity index (χ0v) is 23.9. The minimum Gasteiger partial charge on any atom is -0.306 e. The third-order valence-corrected chi connectivity index (χ3v) is 8.33. The normalized spacial score (nSPS) is 14.6. The Labute approximate surface area is 236 Å². The summed E-state index contributed by atoms with van der Waals surface area (Å²) in [6, 6.07) is 19.4. The summed E-state index contributed by atoms with van der Waals surface area (Å²) in [7, 11) is 0. The Bertz CT molecular complexity index is 1620. The molecule has 0 N–H and O–H groups in total. The first-order valence-corrected chi connectivity index (χ1v) is 14.3. The molecule has 0 spiro atoms. The quantitative estimate of drug-likeness (QED) is 0.209. The maximum absolute atomic E-state index is 13.7. The highest BCUT2D eigenvalue weighted by Crippen LogP contribution is 2.32. The molecule has 0 radical (unpaired) electrons. The molecule has 0 fully saturated rings. The smallest absolute Gasteiger partial charge is 0.279 e. The summed E-state index contributed by atoms with van der Waals surface area (Å²) in [6.45, 7) is 6.95. The number of nitrogens with zero attached hydrogens (tertiary/aromatic N) is 4. The van der Waals surface area contributed by atoms with Crippen molar-refractivity contribution in [1.29, 1.82) is 0 Å². The van der Waals surface area contributed by atoms with E-state index in [4.69, 9.17) is 33.3 Å². The van der Waals surface area contributed by atoms with Crippen molar-refractivity contribution in [3.8, 4) is 11.3 Å². The van der Waals surface area contributed by atoms with Gasteiger partial charge in [-0.2, -0.15) is 5.10 Å². The van der Waals surface area contributed by atoms with Crippen LogP contribution >= 0.6 is 34.5 Å². The van der Waals surface area contributed by atoms with Gasteiger partial charge in [0.2, 0.25) is 4.80 Å². The molecule has 0 atom stereocenters. The molecule has 0 aliphatic carbocycles. The molecule has 0 unspecified atom stereocenters. The number of carbonyl (C=O) groups is 1. The standard InChI is InChI=1S/C30H28Cl2N4OS/c1-4-5-8-16-35-26-13-7-6-11-22(26)28(29(35)37)34-36-27(21-14-15-23(31)24(32)17-21)18-38-30(36)33-25-12-9-10-19(2)20(25)3/h6-7,9-15,17-18H,4-5,8,16H2,1-3H3/b33-30?,34-28-. The second-order valence-corrected chi connectivity index (χ2v) is 11.0. The molecule has 5 rings (SSSR count). The number of hydrogen-bond donors (Lipinski definition) is 0. The van der Waals surface area contributed by atoms with Crippen molar-refractivity contribution in [2.24, 2.45) is 10.1 Å². The van der Waals surface area contributed by atoms with Crippen LogP contribution < -0.4 is 9.70 Å². The first-order chi connectivity index (χ1) is 18.4. The lowest BCUT2D eigenvalue weighted by molar-refractivity contribution is -0.112. The van der Waals surface area contributed by atoms with Crippen molar-refractivity contribution in [3.05, 3.63) is 97.6 Å². The van der Waals surface area contributed by atoms with E-state index in [0.29, 0.717) is 27.1 Å². The van der Waals surface area contributed by atoms with Gasteiger partial charge in [0.15, 0.2) is 5.71 Å². The molecule has 1 aromatic heterocycles. The number of aromatic nitrogens is 1. The van der Waals surface area contributed by atoms with Crippen LogP contribution in [0.25, 0.3) is 11.3 Å². The van der Waals surface area contributed by atoms with E-state index in [1.54, 1.807) is 10.7 Å². The number of unbranched alkanes of at least 4 members (excludes halogenated alkanes) is 2. The number of thiazole rings is 1. The number of hydrogen-bond acceptors (Lipinski definition) is 4. The van der Waals surface area contributed by atoms with E-state index in [9.17, 15) is 4.79 Å². The summed E-state index contributed by atoms with van der Waals surface area (Å²) in [5, 5.41) is 7.89. The van der Waals surface area contributed by atoms with E-state index in [1.807, 2.05) is 58.8 Å². The molecule has 0 bridgehead atoms. The predicted molar refractivity (Wildman–Crippen MR) is 159 cm³/mol. The van der Waals surface area contributed by atoms with Crippen LogP contribution in [0.3, 0.4) is 0 Å². The molecule has 194 valence electrons. The predicted octanol–water partition coefficient (Wildman–Crippen LogP) is 8.16. The molecule has 5 nitrogen and oxygen atoms in total. The van der Waals surface area contributed by atoms with Crippen LogP contribution in [0.2, 0.25) is 10.0 Å². The fourth-order valence-electron chi connectivity index (χ4n) is 4.49. The van der Waals surface area contributed by atoms with Crippen LogP contribution in [0.15, 0.2) is 76.1 Å². The Kier molecular flexibility index (Phi) is 7.84. The summed E-state index contributed by atoms with van der Waals surface area (Å²) in [5.41, 5.74) is 6.85. The van der Waals surface area contributed by atoms with Crippen molar-refractivity contribution >= 4 is 57.5 Å². The molecule has 1 amide bonds. The Morgan fingerprint density at radius 1 is 0.947 bits per heavy atom. The SMILES string of the molecule is CCCCCN1C(=O)/C(=N\n2c(-c3ccc(Cl)c(Cl)c3)csc2=Nc2cccc(C)c2C)c2ccccc21. The highest BCUT2D eigenvalue weighted by molar-refractivity contribution is 7.07. The van der Waals surface area contributed by atoms with Crippen LogP contribution in [-0.2, 0) is 4.79 Å². The fraction of sp³-hybridized carbons (Fsp3) is 0.233. The molecule has 38 heavy (non-hydrogen) atoms. The van der Waals surface area contributed by atoms with Crippen molar-refractivity contribution in [1.82, 2.24) is 4.68 Å². The molecular formula is C30H28Cl2N4OS. The molecule has 3 aromatic carbocycles. The Morgan fingerprint density at radius 2 is 1.76 bits per heavy atom. The molecule has 4 aromatic rings. The second kappa shape index (κ2) is 11.3. The molecular weight excluding hydrogens is 535 g/mol. The first-order valence-electron chi connectivity index (χ1n) is 12.7.